The molecule has 0 saturated heterocycles. The third kappa shape index (κ3) is 12.1. The molecule has 0 aliphatic rings. The molecular formula is C41H55N9O9. The fourth-order valence-corrected chi connectivity index (χ4v) is 6.59. The summed E-state index contributed by atoms with van der Waals surface area (Å²) in [7, 11) is 0. The molecule has 4 aromatic rings. The molecule has 0 aliphatic heterocycles. The summed E-state index contributed by atoms with van der Waals surface area (Å²) in [5.41, 5.74) is 8.13. The molecule has 2 heterocycles. The molecule has 318 valence electrons. The van der Waals surface area contributed by atoms with Gasteiger partial charge in [0, 0.05) is 47.0 Å². The molecule has 59 heavy (non-hydrogen) atoms. The summed E-state index contributed by atoms with van der Waals surface area (Å²) in [4.78, 5) is 98.7. The number of hydrogen-bond acceptors (Lipinski definition) is 9. The van der Waals surface area contributed by atoms with Crippen LogP contribution < -0.4 is 37.6 Å². The second-order valence-electron chi connectivity index (χ2n) is 15.0. The smallest absolute Gasteiger partial charge is 0.326 e. The van der Waals surface area contributed by atoms with Gasteiger partial charge >= 0.3 is 5.97 Å². The minimum atomic E-state index is -1.65. The van der Waals surface area contributed by atoms with Crippen LogP contribution in [0, 0.1) is 11.8 Å². The van der Waals surface area contributed by atoms with Crippen molar-refractivity contribution in [1.29, 1.82) is 0 Å². The van der Waals surface area contributed by atoms with Gasteiger partial charge in [0.05, 0.1) is 19.2 Å². The molecule has 0 bridgehead atoms. The maximum Gasteiger partial charge on any atom is 0.326 e. The molecule has 0 aliphatic carbocycles. The van der Waals surface area contributed by atoms with Crippen LogP contribution in [0.25, 0.3) is 21.8 Å². The van der Waals surface area contributed by atoms with E-state index >= 15 is 0 Å². The minimum Gasteiger partial charge on any atom is -0.480 e. The topological polar surface area (TPSA) is 290 Å². The van der Waals surface area contributed by atoms with E-state index in [2.05, 4.69) is 41.9 Å². The van der Waals surface area contributed by atoms with E-state index in [0.717, 1.165) is 21.8 Å². The van der Waals surface area contributed by atoms with Gasteiger partial charge in [0.1, 0.15) is 30.2 Å². The second-order valence-corrected chi connectivity index (χ2v) is 15.0. The van der Waals surface area contributed by atoms with E-state index in [1.165, 1.54) is 6.92 Å². The van der Waals surface area contributed by atoms with Gasteiger partial charge in [-0.2, -0.15) is 0 Å². The first-order valence-corrected chi connectivity index (χ1v) is 19.5. The molecule has 2 aromatic heterocycles. The predicted molar refractivity (Wildman–Crippen MR) is 219 cm³/mol. The molecule has 6 amide bonds. The van der Waals surface area contributed by atoms with Crippen LogP contribution in [0.3, 0.4) is 0 Å². The first-order chi connectivity index (χ1) is 28.0. The average Bonchev–Trinajstić information content (AvgIpc) is 3.82. The van der Waals surface area contributed by atoms with E-state index in [1.54, 1.807) is 39.2 Å². The summed E-state index contributed by atoms with van der Waals surface area (Å²) < 4.78 is 0. The van der Waals surface area contributed by atoms with Crippen LogP contribution in [-0.2, 0) is 46.4 Å². The number of nitrogens with two attached hydrogens (primary N) is 1. The lowest BCUT2D eigenvalue weighted by molar-refractivity contribution is -0.143. The maximum atomic E-state index is 14.3. The van der Waals surface area contributed by atoms with Crippen molar-refractivity contribution in [3.05, 3.63) is 72.1 Å². The van der Waals surface area contributed by atoms with Crippen molar-refractivity contribution in [3.63, 3.8) is 0 Å². The minimum absolute atomic E-state index is 0.0790. The van der Waals surface area contributed by atoms with Crippen LogP contribution in [0.5, 0.6) is 0 Å². The van der Waals surface area contributed by atoms with Crippen LogP contribution in [0.15, 0.2) is 60.9 Å². The van der Waals surface area contributed by atoms with Gasteiger partial charge in [-0.1, -0.05) is 70.5 Å². The van der Waals surface area contributed by atoms with Gasteiger partial charge in [0.25, 0.3) is 0 Å². The number of aromatic nitrogens is 2. The number of carboxylic acid groups (broad SMARTS) is 1. The Hall–Kier alpha value is -6.27. The molecule has 18 nitrogen and oxygen atoms in total. The number of nitrogens with one attached hydrogen (secondary N) is 8. The van der Waals surface area contributed by atoms with Crippen molar-refractivity contribution >= 4 is 63.2 Å². The molecule has 2 aromatic carbocycles. The predicted octanol–water partition coefficient (Wildman–Crippen LogP) is 0.101. The molecule has 12 N–H and O–H groups in total. The first-order valence-electron chi connectivity index (χ1n) is 19.5. The maximum absolute atomic E-state index is 14.3. The van der Waals surface area contributed by atoms with Gasteiger partial charge in [0.15, 0.2) is 0 Å². The zero-order valence-electron chi connectivity index (χ0n) is 33.8. The number of aliphatic hydroxyl groups is 1. The van der Waals surface area contributed by atoms with Crippen molar-refractivity contribution < 1.29 is 43.8 Å². The van der Waals surface area contributed by atoms with Gasteiger partial charge in [0.2, 0.25) is 35.4 Å². The first kappa shape index (κ1) is 45.4. The number of aliphatic carboxylic acids is 1. The largest absolute Gasteiger partial charge is 0.480 e. The van der Waals surface area contributed by atoms with Crippen LogP contribution in [-0.4, -0.2) is 111 Å². The number of benzene rings is 2. The second kappa shape index (κ2) is 20.9. The molecule has 0 unspecified atom stereocenters. The highest BCUT2D eigenvalue weighted by molar-refractivity contribution is 5.97. The number of carbonyl (C=O) groups is 7. The van der Waals surface area contributed by atoms with Gasteiger partial charge in [-0.3, -0.25) is 28.8 Å². The van der Waals surface area contributed by atoms with Gasteiger partial charge in [-0.05, 0) is 42.0 Å². The lowest BCUT2D eigenvalue weighted by Crippen LogP contribution is -2.62. The Morgan fingerprint density at radius 1 is 0.644 bits per heavy atom. The fraction of sp³-hybridized carbons (Fsp3) is 0.439. The average molecular weight is 818 g/mol. The zero-order valence-corrected chi connectivity index (χ0v) is 33.8. The number of fused-ring (bicyclic) bond motifs is 2. The Bertz CT molecular complexity index is 2130. The standard InChI is InChI=1S/C41H55N9O9/c1-6-22(4)35(48-33(53)20-45-32(52)17-42)39(56)46-31(16-25-19-44-29-14-10-8-12-27(25)29)38(55)50-36(23(5)51)40(57)47-30(37(54)49-34(21(2)3)41(58)59)15-24-18-43-28-13-9-7-11-26(24)28/h7-14,18-19,21-23,30-31,34-36,43-44,51H,6,15-17,20,42H2,1-5H3,(H,45,52)(H,46,56)(H,47,57)(H,48,53)(H,49,54)(H,50,55)(H,58,59)/t22-,23+,30-,31-,34-,35-,36-/m1/s1. The number of amides is 6. The Balaban J connectivity index is 1.62. The molecule has 0 radical (unpaired) electrons. The molecule has 4 rings (SSSR count). The Morgan fingerprint density at radius 3 is 1.56 bits per heavy atom. The SMILES string of the molecule is CC[C@@H](C)[C@@H](NC(=O)CNC(=O)CN)C(=O)N[C@H](Cc1c[nH]c2ccccc12)C(=O)N[C@@H](C(=O)N[C@H](Cc1c[nH]c2ccccc12)C(=O)N[C@@H](C(=O)O)C(C)C)[C@H](C)O. The summed E-state index contributed by atoms with van der Waals surface area (Å²) in [5, 5.41) is 37.6. The fourth-order valence-electron chi connectivity index (χ4n) is 6.59. The van der Waals surface area contributed by atoms with E-state index < -0.39 is 96.1 Å². The third-order valence-corrected chi connectivity index (χ3v) is 10.2. The van der Waals surface area contributed by atoms with Crippen LogP contribution in [0.4, 0.5) is 0 Å². The molecule has 0 fully saturated rings. The van der Waals surface area contributed by atoms with Gasteiger partial charge in [-0.25, -0.2) is 4.79 Å². The van der Waals surface area contributed by atoms with E-state index in [1.807, 2.05) is 49.4 Å². The summed E-state index contributed by atoms with van der Waals surface area (Å²) >= 11 is 0. The lowest BCUT2D eigenvalue weighted by Gasteiger charge is -2.29. The van der Waals surface area contributed by atoms with Crippen molar-refractivity contribution in [2.45, 2.75) is 90.2 Å². The third-order valence-electron chi connectivity index (χ3n) is 10.2. The van der Waals surface area contributed by atoms with Crippen molar-refractivity contribution in [1.82, 2.24) is 41.9 Å². The summed E-state index contributed by atoms with van der Waals surface area (Å²) in [6.45, 7) is 7.29. The highest BCUT2D eigenvalue weighted by Crippen LogP contribution is 2.21. The molecule has 7 atom stereocenters. The van der Waals surface area contributed by atoms with Crippen molar-refractivity contribution in [2.24, 2.45) is 17.6 Å². The van der Waals surface area contributed by atoms with E-state index in [9.17, 15) is 43.8 Å². The number of aliphatic hydroxyl groups excluding tert-OH is 1. The van der Waals surface area contributed by atoms with Crippen LogP contribution in [0.2, 0.25) is 0 Å². The normalized spacial score (nSPS) is 14.9. The monoisotopic (exact) mass is 817 g/mol. The zero-order chi connectivity index (χ0) is 43.4. The highest BCUT2D eigenvalue weighted by atomic mass is 16.4. The van der Waals surface area contributed by atoms with Gasteiger partial charge < -0.3 is 57.8 Å². The highest BCUT2D eigenvalue weighted by Gasteiger charge is 2.36. The molecule has 18 heteroatoms. The van der Waals surface area contributed by atoms with E-state index in [0.29, 0.717) is 17.5 Å². The van der Waals surface area contributed by atoms with Crippen LogP contribution in [0.1, 0.15) is 52.2 Å². The number of para-hydroxylation sites is 2. The molecule has 0 saturated carbocycles. The summed E-state index contributed by atoms with van der Waals surface area (Å²) in [6.07, 6.45) is 2.13. The number of rotatable bonds is 21. The van der Waals surface area contributed by atoms with Gasteiger partial charge in [-0.15, -0.1) is 0 Å². The van der Waals surface area contributed by atoms with E-state index in [4.69, 9.17) is 5.73 Å². The van der Waals surface area contributed by atoms with Crippen LogP contribution >= 0.6 is 0 Å². The lowest BCUT2D eigenvalue weighted by atomic mass is 9.97. The van der Waals surface area contributed by atoms with E-state index in [-0.39, 0.29) is 19.4 Å². The Morgan fingerprint density at radius 2 is 1.12 bits per heavy atom. The Labute approximate surface area is 341 Å². The van der Waals surface area contributed by atoms with Crippen molar-refractivity contribution in [2.75, 3.05) is 13.1 Å². The Kier molecular flexibility index (Phi) is 16.1. The quantitative estimate of drug-likeness (QED) is 0.0539. The molecular weight excluding hydrogens is 763 g/mol. The number of hydrogen-bond donors (Lipinski definition) is 11. The number of H-pyrrole nitrogens is 2. The number of aromatic amines is 2. The number of carboxylic acids is 1. The summed E-state index contributed by atoms with van der Waals surface area (Å²) in [5.74, 6) is -6.75. The number of carbonyl (C=O) groups excluding carboxylic acids is 6. The van der Waals surface area contributed by atoms with Crippen molar-refractivity contribution in [3.8, 4) is 0 Å². The molecule has 0 spiro atoms. The summed E-state index contributed by atoms with van der Waals surface area (Å²) in [6, 6.07) is 7.80.